The predicted molar refractivity (Wildman–Crippen MR) is 33.4 cm³/mol. The molecule has 0 aromatic rings. The fourth-order valence-electron chi connectivity index (χ4n) is 0.831. The summed E-state index contributed by atoms with van der Waals surface area (Å²) in [6.07, 6.45) is 0. The number of rotatable bonds is 1. The van der Waals surface area contributed by atoms with Crippen molar-refractivity contribution in [2.75, 3.05) is 5.75 Å². The van der Waals surface area contributed by atoms with Gasteiger partial charge in [-0.25, -0.2) is 9.88 Å². The van der Waals surface area contributed by atoms with Crippen LogP contribution < -0.4 is 5.09 Å². The molecule has 2 aliphatic heterocycles. The van der Waals surface area contributed by atoms with E-state index in [-0.39, 0.29) is 5.75 Å². The standard InChI is InChI=1S/C3H4NO3PS/c5-2-3(1-9)4-8(3,6)7-2/h9H,1H2,(H,4,6)/t3-,8?/m1/s1. The molecule has 0 aromatic heterocycles. The first-order chi connectivity index (χ1) is 4.15. The zero-order valence-electron chi connectivity index (χ0n) is 4.33. The van der Waals surface area contributed by atoms with Crippen LogP contribution in [0.2, 0.25) is 0 Å². The maximum Gasteiger partial charge on any atom is 0.352 e. The highest BCUT2D eigenvalue weighted by Gasteiger charge is 2.83. The first-order valence-electron chi connectivity index (χ1n) is 2.39. The van der Waals surface area contributed by atoms with E-state index in [1.807, 2.05) is 0 Å². The second-order valence-corrected chi connectivity index (χ2v) is 4.65. The van der Waals surface area contributed by atoms with Gasteiger partial charge in [-0.05, 0) is 0 Å². The third-order valence-corrected chi connectivity index (χ3v) is 4.62. The van der Waals surface area contributed by atoms with Crippen molar-refractivity contribution in [3.8, 4) is 0 Å². The van der Waals surface area contributed by atoms with Crippen LogP contribution in [0, 0.1) is 0 Å². The lowest BCUT2D eigenvalue weighted by Crippen LogP contribution is -2.35. The van der Waals surface area contributed by atoms with Crippen molar-refractivity contribution in [1.29, 1.82) is 0 Å². The molecule has 2 rings (SSSR count). The minimum Gasteiger partial charge on any atom is -0.397 e. The fraction of sp³-hybridized carbons (Fsp3) is 0.667. The summed E-state index contributed by atoms with van der Waals surface area (Å²) < 4.78 is 15.3. The molecule has 0 spiro atoms. The number of carbonyl (C=O) groups is 1. The van der Waals surface area contributed by atoms with Gasteiger partial charge in [0.1, 0.15) is 0 Å². The second kappa shape index (κ2) is 1.21. The number of fused-ring (bicyclic) bond motifs is 1. The molecule has 50 valence electrons. The van der Waals surface area contributed by atoms with E-state index in [4.69, 9.17) is 0 Å². The van der Waals surface area contributed by atoms with Gasteiger partial charge in [0.25, 0.3) is 0 Å². The fourth-order valence-corrected chi connectivity index (χ4v) is 3.51. The van der Waals surface area contributed by atoms with E-state index in [1.54, 1.807) is 0 Å². The largest absolute Gasteiger partial charge is 0.397 e. The molecule has 4 nitrogen and oxygen atoms in total. The van der Waals surface area contributed by atoms with Gasteiger partial charge in [-0.15, -0.1) is 0 Å². The van der Waals surface area contributed by atoms with Crippen LogP contribution in [0.5, 0.6) is 0 Å². The number of thiol groups is 1. The van der Waals surface area contributed by atoms with Gasteiger partial charge in [0.15, 0.2) is 0 Å². The van der Waals surface area contributed by atoms with Crippen LogP contribution >= 0.6 is 20.1 Å². The molecule has 9 heavy (non-hydrogen) atoms. The number of hydrogen-bond donors (Lipinski definition) is 2. The van der Waals surface area contributed by atoms with Crippen molar-refractivity contribution < 1.29 is 13.9 Å². The van der Waals surface area contributed by atoms with Gasteiger partial charge in [-0.2, -0.15) is 12.6 Å². The minimum absolute atomic E-state index is 0.267. The molecule has 2 aliphatic rings. The Labute approximate surface area is 56.9 Å². The third-order valence-electron chi connectivity index (χ3n) is 1.56. The molecular formula is C3H4NO3PS. The zero-order valence-corrected chi connectivity index (χ0v) is 6.12. The van der Waals surface area contributed by atoms with Crippen molar-refractivity contribution in [2.24, 2.45) is 0 Å². The summed E-state index contributed by atoms with van der Waals surface area (Å²) in [6.45, 7) is 0. The Morgan fingerprint density at radius 1 is 1.89 bits per heavy atom. The molecule has 0 bridgehead atoms. The molecule has 0 aromatic carbocycles. The van der Waals surface area contributed by atoms with Crippen molar-refractivity contribution in [1.82, 2.24) is 5.09 Å². The minimum atomic E-state index is -2.66. The molecule has 0 radical (unpaired) electrons. The van der Waals surface area contributed by atoms with Crippen LogP contribution in [-0.2, 0) is 13.9 Å². The van der Waals surface area contributed by atoms with E-state index >= 15 is 0 Å². The van der Waals surface area contributed by atoms with E-state index in [1.165, 1.54) is 0 Å². The Kier molecular flexibility index (Phi) is 0.778. The first-order valence-corrected chi connectivity index (χ1v) is 4.65. The lowest BCUT2D eigenvalue weighted by molar-refractivity contribution is -0.138. The number of hydrogen-bond acceptors (Lipinski definition) is 4. The van der Waals surface area contributed by atoms with Gasteiger partial charge in [-0.1, -0.05) is 0 Å². The number of carbonyl (C=O) groups excluding carboxylic acids is 1. The second-order valence-electron chi connectivity index (χ2n) is 2.06. The van der Waals surface area contributed by atoms with Gasteiger partial charge in [-0.3, -0.25) is 4.57 Å². The summed E-state index contributed by atoms with van der Waals surface area (Å²) in [7, 11) is -2.66. The summed E-state index contributed by atoms with van der Waals surface area (Å²) in [5.41, 5.74) is 0. The SMILES string of the molecule is O=C1OP2(=O)N[C@@]12CS. The predicted octanol–water partition coefficient (Wildman–Crippen LogP) is -0.0344. The molecule has 0 amide bonds. The molecule has 0 saturated carbocycles. The van der Waals surface area contributed by atoms with Gasteiger partial charge in [0, 0.05) is 5.75 Å². The number of nitrogens with one attached hydrogen (secondary N) is 1. The van der Waals surface area contributed by atoms with Crippen LogP contribution in [-0.4, -0.2) is 17.0 Å². The maximum atomic E-state index is 10.9. The van der Waals surface area contributed by atoms with Gasteiger partial charge >= 0.3 is 13.5 Å². The van der Waals surface area contributed by atoms with Crippen LogP contribution in [0.4, 0.5) is 0 Å². The van der Waals surface area contributed by atoms with E-state index in [0.717, 1.165) is 0 Å². The highest BCUT2D eigenvalue weighted by Crippen LogP contribution is 2.78. The summed E-state index contributed by atoms with van der Waals surface area (Å²) in [5, 5.41) is 1.64. The van der Waals surface area contributed by atoms with Gasteiger partial charge in [0.2, 0.25) is 5.28 Å². The first kappa shape index (κ1) is 5.77. The third kappa shape index (κ3) is 0.397. The highest BCUT2D eigenvalue weighted by atomic mass is 32.1. The van der Waals surface area contributed by atoms with E-state index < -0.39 is 18.8 Å². The summed E-state index contributed by atoms with van der Waals surface area (Å²) in [4.78, 5) is 10.5. The molecule has 2 fully saturated rings. The summed E-state index contributed by atoms with van der Waals surface area (Å²) in [5.74, 6) is -0.163. The van der Waals surface area contributed by atoms with Crippen LogP contribution in [0.15, 0.2) is 0 Å². The van der Waals surface area contributed by atoms with Crippen molar-refractivity contribution in [3.63, 3.8) is 0 Å². The smallest absolute Gasteiger partial charge is 0.352 e. The Hall–Kier alpha value is 0.01000. The van der Waals surface area contributed by atoms with Gasteiger partial charge in [0.05, 0.1) is 0 Å². The zero-order chi connectivity index (χ0) is 6.70. The molecule has 2 heterocycles. The van der Waals surface area contributed by atoms with Crippen molar-refractivity contribution in [2.45, 2.75) is 5.28 Å². The average molecular weight is 165 g/mol. The Bertz CT molecular complexity index is 241. The van der Waals surface area contributed by atoms with E-state index in [0.29, 0.717) is 0 Å². The molecule has 6 heteroatoms. The summed E-state index contributed by atoms with van der Waals surface area (Å²) >= 11 is 3.85. The van der Waals surface area contributed by atoms with Crippen LogP contribution in [0.25, 0.3) is 0 Å². The molecule has 2 atom stereocenters. The van der Waals surface area contributed by atoms with E-state index in [9.17, 15) is 9.36 Å². The molecule has 1 unspecified atom stereocenters. The highest BCUT2D eigenvalue weighted by molar-refractivity contribution is 7.82. The van der Waals surface area contributed by atoms with Gasteiger partial charge < -0.3 is 4.52 Å². The van der Waals surface area contributed by atoms with Crippen LogP contribution in [0.1, 0.15) is 0 Å². The Morgan fingerprint density at radius 3 is 2.67 bits per heavy atom. The Morgan fingerprint density at radius 2 is 2.56 bits per heavy atom. The molecular weight excluding hydrogens is 161 g/mol. The lowest BCUT2D eigenvalue weighted by atomic mass is 10.4. The average Bonchev–Trinajstić information content (AvgIpc) is 2.30. The maximum absolute atomic E-state index is 10.9. The molecule has 2 saturated heterocycles. The van der Waals surface area contributed by atoms with Crippen LogP contribution in [0.3, 0.4) is 0 Å². The van der Waals surface area contributed by atoms with Crippen molar-refractivity contribution >= 4 is 26.1 Å². The topological polar surface area (TPSA) is 65.3 Å². The Balaban J connectivity index is 2.36. The molecule has 0 aliphatic carbocycles. The van der Waals surface area contributed by atoms with E-state index in [2.05, 4.69) is 22.2 Å². The lowest BCUT2D eigenvalue weighted by Gasteiger charge is -2.16. The normalized spacial score (nSPS) is 53.2. The summed E-state index contributed by atoms with van der Waals surface area (Å²) in [6, 6.07) is 0. The van der Waals surface area contributed by atoms with Crippen molar-refractivity contribution in [3.05, 3.63) is 0 Å². The quantitative estimate of drug-likeness (QED) is 0.325. The molecule has 1 N–H and O–H groups in total. The monoisotopic (exact) mass is 165 g/mol.